The predicted octanol–water partition coefficient (Wildman–Crippen LogP) is 6.40. The van der Waals surface area contributed by atoms with E-state index in [2.05, 4.69) is 27.7 Å². The molecule has 216 valence electrons. The Morgan fingerprint density at radius 3 is 2.38 bits per heavy atom. The van der Waals surface area contributed by atoms with Crippen molar-refractivity contribution in [2.75, 3.05) is 29.5 Å². The van der Waals surface area contributed by atoms with Crippen molar-refractivity contribution >= 4 is 51.6 Å². The molecule has 7 nitrogen and oxygen atoms in total. The summed E-state index contributed by atoms with van der Waals surface area (Å²) in [6.45, 7) is 4.43. The van der Waals surface area contributed by atoms with Crippen LogP contribution in [0, 0.1) is 0 Å². The van der Waals surface area contributed by atoms with Crippen molar-refractivity contribution in [3.63, 3.8) is 0 Å². The number of thioether (sulfide) groups is 1. The van der Waals surface area contributed by atoms with E-state index in [1.165, 1.54) is 28.7 Å². The van der Waals surface area contributed by atoms with Gasteiger partial charge in [-0.25, -0.2) is 4.79 Å². The molecule has 2 heterocycles. The molecule has 1 aliphatic rings. The van der Waals surface area contributed by atoms with Crippen LogP contribution < -0.4 is 10.6 Å². The Labute approximate surface area is 254 Å². The van der Waals surface area contributed by atoms with Crippen molar-refractivity contribution < 1.29 is 19.1 Å². The van der Waals surface area contributed by atoms with Gasteiger partial charge in [-0.2, -0.15) is 0 Å². The number of nitrogens with zero attached hydrogens (tertiary/aromatic N) is 1. The molecule has 0 atom stereocenters. The Hall–Kier alpha value is -3.92. The molecule has 0 bridgehead atoms. The van der Waals surface area contributed by atoms with E-state index in [0.29, 0.717) is 22.8 Å². The molecular weight excluding hydrogens is 567 g/mol. The lowest BCUT2D eigenvalue weighted by Crippen LogP contribution is -2.30. The van der Waals surface area contributed by atoms with Crippen molar-refractivity contribution in [1.29, 1.82) is 0 Å². The Bertz CT molecular complexity index is 1540. The summed E-state index contributed by atoms with van der Waals surface area (Å²) in [5, 5.41) is 6.46. The fraction of sp³-hybridized carbons (Fsp3) is 0.242. The highest BCUT2D eigenvalue weighted by Crippen LogP contribution is 2.38. The van der Waals surface area contributed by atoms with E-state index in [1.54, 1.807) is 6.92 Å². The number of carbonyl (C=O) groups is 3. The zero-order valence-corrected chi connectivity index (χ0v) is 25.1. The number of carbonyl (C=O) groups excluding carboxylic acids is 3. The van der Waals surface area contributed by atoms with Crippen molar-refractivity contribution in [3.05, 3.63) is 112 Å². The van der Waals surface area contributed by atoms with Crippen LogP contribution in [-0.2, 0) is 40.3 Å². The maximum atomic E-state index is 13.0. The average molecular weight is 600 g/mol. The van der Waals surface area contributed by atoms with Gasteiger partial charge >= 0.3 is 5.97 Å². The molecule has 0 radical (unpaired) electrons. The Balaban J connectivity index is 1.21. The third kappa shape index (κ3) is 7.88. The number of rotatable bonds is 11. The SMILES string of the molecule is CCOC(=O)c1c(NC(=O)CSc2cccc(NC(=O)Cc3ccccc3)c2)sc2c1CCN(Cc1ccccc1)C2. The van der Waals surface area contributed by atoms with Crippen LogP contribution in [0.4, 0.5) is 10.7 Å². The van der Waals surface area contributed by atoms with Crippen LogP contribution in [0.25, 0.3) is 0 Å². The maximum Gasteiger partial charge on any atom is 0.341 e. The predicted molar refractivity (Wildman–Crippen MR) is 169 cm³/mol. The smallest absolute Gasteiger partial charge is 0.341 e. The zero-order valence-electron chi connectivity index (χ0n) is 23.4. The van der Waals surface area contributed by atoms with E-state index in [4.69, 9.17) is 4.74 Å². The normalized spacial score (nSPS) is 12.8. The summed E-state index contributed by atoms with van der Waals surface area (Å²) in [5.41, 5.74) is 4.33. The highest BCUT2D eigenvalue weighted by Gasteiger charge is 2.29. The second-order valence-electron chi connectivity index (χ2n) is 9.95. The number of thiophene rings is 1. The molecular formula is C33H33N3O4S2. The number of nitrogens with one attached hydrogen (secondary N) is 2. The first-order valence-electron chi connectivity index (χ1n) is 13.9. The highest BCUT2D eigenvalue weighted by molar-refractivity contribution is 8.00. The van der Waals surface area contributed by atoms with Crippen LogP contribution in [0.3, 0.4) is 0 Å². The summed E-state index contributed by atoms with van der Waals surface area (Å²) < 4.78 is 5.37. The largest absolute Gasteiger partial charge is 0.462 e. The number of esters is 1. The molecule has 1 aliphatic heterocycles. The van der Waals surface area contributed by atoms with Gasteiger partial charge in [0.25, 0.3) is 0 Å². The third-order valence-electron chi connectivity index (χ3n) is 6.81. The molecule has 2 amide bonds. The first-order chi connectivity index (χ1) is 20.5. The quantitative estimate of drug-likeness (QED) is 0.153. The van der Waals surface area contributed by atoms with Crippen LogP contribution in [0.1, 0.15) is 38.8 Å². The topological polar surface area (TPSA) is 87.7 Å². The fourth-order valence-corrected chi connectivity index (χ4v) is 6.95. The van der Waals surface area contributed by atoms with Gasteiger partial charge in [-0.15, -0.1) is 23.1 Å². The van der Waals surface area contributed by atoms with Crippen LogP contribution in [0.2, 0.25) is 0 Å². The maximum absolute atomic E-state index is 13.0. The molecule has 0 saturated heterocycles. The first kappa shape index (κ1) is 29.6. The number of hydrogen-bond acceptors (Lipinski definition) is 7. The van der Waals surface area contributed by atoms with E-state index >= 15 is 0 Å². The lowest BCUT2D eigenvalue weighted by atomic mass is 10.0. The molecule has 0 unspecified atom stereocenters. The number of fused-ring (bicyclic) bond motifs is 1. The van der Waals surface area contributed by atoms with Crippen molar-refractivity contribution in [1.82, 2.24) is 4.90 Å². The summed E-state index contributed by atoms with van der Waals surface area (Å²) in [6, 6.07) is 27.3. The minimum atomic E-state index is -0.395. The van der Waals surface area contributed by atoms with Crippen LogP contribution in [0.15, 0.2) is 89.8 Å². The lowest BCUT2D eigenvalue weighted by molar-refractivity contribution is -0.115. The summed E-state index contributed by atoms with van der Waals surface area (Å²) in [5.74, 6) is -0.541. The van der Waals surface area contributed by atoms with E-state index in [0.717, 1.165) is 40.4 Å². The lowest BCUT2D eigenvalue weighted by Gasteiger charge is -2.27. The monoisotopic (exact) mass is 599 g/mol. The van der Waals surface area contributed by atoms with Gasteiger partial charge in [0.1, 0.15) is 5.00 Å². The number of hydrogen-bond donors (Lipinski definition) is 2. The fourth-order valence-electron chi connectivity index (χ4n) is 4.90. The van der Waals surface area contributed by atoms with Gasteiger partial charge in [-0.3, -0.25) is 14.5 Å². The van der Waals surface area contributed by atoms with Crippen LogP contribution >= 0.6 is 23.1 Å². The number of benzene rings is 3. The van der Waals surface area contributed by atoms with Crippen molar-refractivity contribution in [3.8, 4) is 0 Å². The van der Waals surface area contributed by atoms with Gasteiger partial charge < -0.3 is 15.4 Å². The first-order valence-corrected chi connectivity index (χ1v) is 15.7. The molecule has 0 spiro atoms. The number of ether oxygens (including phenoxy) is 1. The molecule has 4 aromatic rings. The Kier molecular flexibility index (Phi) is 10.1. The molecule has 9 heteroatoms. The van der Waals surface area contributed by atoms with E-state index in [-0.39, 0.29) is 30.6 Å². The summed E-state index contributed by atoms with van der Waals surface area (Å²) >= 11 is 2.83. The van der Waals surface area contributed by atoms with Crippen LogP contribution in [0.5, 0.6) is 0 Å². The molecule has 42 heavy (non-hydrogen) atoms. The van der Waals surface area contributed by atoms with Gasteiger partial charge in [-0.1, -0.05) is 66.7 Å². The molecule has 3 aromatic carbocycles. The van der Waals surface area contributed by atoms with Gasteiger partial charge in [-0.05, 0) is 48.2 Å². The highest BCUT2D eigenvalue weighted by atomic mass is 32.2. The van der Waals surface area contributed by atoms with E-state index in [9.17, 15) is 14.4 Å². The summed E-state index contributed by atoms with van der Waals surface area (Å²) in [4.78, 5) is 42.8. The molecule has 0 fully saturated rings. The molecule has 0 saturated carbocycles. The second-order valence-corrected chi connectivity index (χ2v) is 12.1. The van der Waals surface area contributed by atoms with Crippen LogP contribution in [-0.4, -0.2) is 41.6 Å². The number of amides is 2. The molecule has 1 aromatic heterocycles. The van der Waals surface area contributed by atoms with Crippen molar-refractivity contribution in [2.24, 2.45) is 0 Å². The van der Waals surface area contributed by atoms with E-state index < -0.39 is 5.97 Å². The Morgan fingerprint density at radius 1 is 0.905 bits per heavy atom. The zero-order chi connectivity index (χ0) is 29.3. The second kappa shape index (κ2) is 14.3. The number of anilines is 2. The van der Waals surface area contributed by atoms with Gasteiger partial charge in [0.2, 0.25) is 11.8 Å². The molecule has 5 rings (SSSR count). The van der Waals surface area contributed by atoms with Gasteiger partial charge in [0.05, 0.1) is 24.3 Å². The average Bonchev–Trinajstić information content (AvgIpc) is 3.34. The minimum Gasteiger partial charge on any atom is -0.462 e. The van der Waals surface area contributed by atoms with Crippen molar-refractivity contribution in [2.45, 2.75) is 37.8 Å². The third-order valence-corrected chi connectivity index (χ3v) is 8.94. The summed E-state index contributed by atoms with van der Waals surface area (Å²) in [7, 11) is 0. The minimum absolute atomic E-state index is 0.100. The standard InChI is InChI=1S/C33H33N3O4S2/c1-2-40-33(39)31-27-16-17-36(20-24-12-7-4-8-13-24)21-28(27)42-32(31)35-30(38)22-41-26-15-9-14-25(19-26)34-29(37)18-23-10-5-3-6-11-23/h3-15,19H,2,16-18,20-22H2,1H3,(H,34,37)(H,35,38). The Morgan fingerprint density at radius 2 is 1.64 bits per heavy atom. The molecule has 2 N–H and O–H groups in total. The van der Waals surface area contributed by atoms with Gasteiger partial charge in [0.15, 0.2) is 0 Å². The summed E-state index contributed by atoms with van der Waals surface area (Å²) in [6.07, 6.45) is 1.01. The molecule has 0 aliphatic carbocycles. The van der Waals surface area contributed by atoms with Gasteiger partial charge in [0, 0.05) is 35.1 Å². The van der Waals surface area contributed by atoms with E-state index in [1.807, 2.05) is 72.8 Å².